The van der Waals surface area contributed by atoms with E-state index in [4.69, 9.17) is 11.6 Å². The van der Waals surface area contributed by atoms with E-state index in [9.17, 15) is 0 Å². The van der Waals surface area contributed by atoms with E-state index in [-0.39, 0.29) is 6.04 Å². The third-order valence-electron chi connectivity index (χ3n) is 4.17. The summed E-state index contributed by atoms with van der Waals surface area (Å²) in [4.78, 5) is 0. The van der Waals surface area contributed by atoms with Crippen LogP contribution in [0.1, 0.15) is 29.5 Å². The Kier molecular flexibility index (Phi) is 4.37. The number of allylic oxidation sites excluding steroid dienone is 2. The molecule has 5 N–H and O–H groups in total. The molecule has 3 nitrogen and oxygen atoms in total. The number of para-hydroxylation sites is 1. The lowest BCUT2D eigenvalue weighted by atomic mass is 9.86. The van der Waals surface area contributed by atoms with Crippen molar-refractivity contribution in [3.05, 3.63) is 89.5 Å². The molecule has 2 aromatic carbocycles. The van der Waals surface area contributed by atoms with Crippen LogP contribution in [-0.4, -0.2) is 0 Å². The van der Waals surface area contributed by atoms with Crippen molar-refractivity contribution in [2.45, 2.75) is 18.4 Å². The van der Waals surface area contributed by atoms with Crippen molar-refractivity contribution in [1.29, 1.82) is 0 Å². The number of benzene rings is 2. The highest BCUT2D eigenvalue weighted by molar-refractivity contribution is 5.55. The molecular formula is C19H21N3. The summed E-state index contributed by atoms with van der Waals surface area (Å²) in [6.45, 7) is 0. The first-order valence-corrected chi connectivity index (χ1v) is 7.54. The molecule has 1 unspecified atom stereocenters. The topological polar surface area (TPSA) is 64.1 Å². The lowest BCUT2D eigenvalue weighted by Gasteiger charge is -2.22. The predicted molar refractivity (Wildman–Crippen MR) is 92.2 cm³/mol. The van der Waals surface area contributed by atoms with Crippen molar-refractivity contribution in [2.24, 2.45) is 11.6 Å². The molecule has 1 aliphatic carbocycles. The van der Waals surface area contributed by atoms with Gasteiger partial charge in [0.1, 0.15) is 0 Å². The highest BCUT2D eigenvalue weighted by Gasteiger charge is 2.17. The summed E-state index contributed by atoms with van der Waals surface area (Å²) in [5, 5.41) is 0. The van der Waals surface area contributed by atoms with Crippen LogP contribution in [-0.2, 0) is 0 Å². The van der Waals surface area contributed by atoms with Crippen molar-refractivity contribution in [3.8, 4) is 0 Å². The molecule has 0 bridgehead atoms. The van der Waals surface area contributed by atoms with Crippen molar-refractivity contribution in [3.63, 3.8) is 0 Å². The molecule has 0 saturated carbocycles. The zero-order chi connectivity index (χ0) is 15.4. The van der Waals surface area contributed by atoms with E-state index in [1.54, 1.807) is 0 Å². The molecule has 0 aromatic heterocycles. The molecule has 2 aromatic rings. The molecule has 0 saturated heterocycles. The molecule has 0 fully saturated rings. The predicted octanol–water partition coefficient (Wildman–Crippen LogP) is 3.64. The molecule has 2 atom stereocenters. The quantitative estimate of drug-likeness (QED) is 0.595. The molecule has 0 amide bonds. The van der Waals surface area contributed by atoms with E-state index in [2.05, 4.69) is 47.9 Å². The number of rotatable bonds is 4. The van der Waals surface area contributed by atoms with Gasteiger partial charge in [-0.2, -0.15) is 0 Å². The van der Waals surface area contributed by atoms with Gasteiger partial charge in [-0.25, -0.2) is 0 Å². The average molecular weight is 291 g/mol. The summed E-state index contributed by atoms with van der Waals surface area (Å²) in [5.74, 6) is 6.00. The van der Waals surface area contributed by atoms with Crippen LogP contribution >= 0.6 is 0 Å². The van der Waals surface area contributed by atoms with Gasteiger partial charge in [0.2, 0.25) is 0 Å². The Labute approximate surface area is 131 Å². The lowest BCUT2D eigenvalue weighted by Crippen LogP contribution is -2.18. The number of nitrogens with two attached hydrogens (primary N) is 2. The van der Waals surface area contributed by atoms with Gasteiger partial charge in [-0.15, -0.1) is 0 Å². The SMILES string of the molecule is NNc1ccccc1[C@@H](N)C1=CCC(c2ccccc2)C=C1. The lowest BCUT2D eigenvalue weighted by molar-refractivity contribution is 0.796. The van der Waals surface area contributed by atoms with Crippen LogP contribution < -0.4 is 17.0 Å². The first-order valence-electron chi connectivity index (χ1n) is 7.54. The molecule has 22 heavy (non-hydrogen) atoms. The Balaban J connectivity index is 1.78. The molecule has 1 aliphatic rings. The van der Waals surface area contributed by atoms with E-state index in [1.807, 2.05) is 30.3 Å². The van der Waals surface area contributed by atoms with Crippen LogP contribution in [0.15, 0.2) is 78.4 Å². The molecule has 0 spiro atoms. The van der Waals surface area contributed by atoms with Gasteiger partial charge >= 0.3 is 0 Å². The third kappa shape index (κ3) is 2.96. The number of hydrogen-bond donors (Lipinski definition) is 3. The van der Waals surface area contributed by atoms with Gasteiger partial charge in [0.15, 0.2) is 0 Å². The van der Waals surface area contributed by atoms with Crippen molar-refractivity contribution in [1.82, 2.24) is 0 Å². The highest BCUT2D eigenvalue weighted by Crippen LogP contribution is 2.32. The number of anilines is 1. The van der Waals surface area contributed by atoms with Crippen LogP contribution in [0.4, 0.5) is 5.69 Å². The van der Waals surface area contributed by atoms with Crippen LogP contribution in [0.25, 0.3) is 0 Å². The Morgan fingerprint density at radius 2 is 1.73 bits per heavy atom. The van der Waals surface area contributed by atoms with Crippen LogP contribution in [0.5, 0.6) is 0 Å². The molecule has 0 radical (unpaired) electrons. The van der Waals surface area contributed by atoms with Gasteiger partial charge in [-0.1, -0.05) is 66.8 Å². The first-order chi connectivity index (χ1) is 10.8. The van der Waals surface area contributed by atoms with Gasteiger partial charge in [-0.3, -0.25) is 5.84 Å². The summed E-state index contributed by atoms with van der Waals surface area (Å²) in [6, 6.07) is 18.3. The first kappa shape index (κ1) is 14.6. The Morgan fingerprint density at radius 3 is 2.41 bits per heavy atom. The van der Waals surface area contributed by atoms with E-state index < -0.39 is 0 Å². The third-order valence-corrected chi connectivity index (χ3v) is 4.17. The fourth-order valence-electron chi connectivity index (χ4n) is 2.89. The van der Waals surface area contributed by atoms with E-state index >= 15 is 0 Å². The Morgan fingerprint density at radius 1 is 1.00 bits per heavy atom. The second-order valence-electron chi connectivity index (χ2n) is 5.53. The smallest absolute Gasteiger partial charge is 0.0569 e. The molecule has 0 heterocycles. The average Bonchev–Trinajstić information content (AvgIpc) is 2.62. The van der Waals surface area contributed by atoms with Crippen LogP contribution in [0.2, 0.25) is 0 Å². The van der Waals surface area contributed by atoms with Gasteiger partial charge in [0.05, 0.1) is 11.7 Å². The number of nitrogens with one attached hydrogen (secondary N) is 1. The highest BCUT2D eigenvalue weighted by atomic mass is 15.2. The summed E-state index contributed by atoms with van der Waals surface area (Å²) in [5.41, 5.74) is 13.5. The Bertz CT molecular complexity index is 689. The van der Waals surface area contributed by atoms with E-state index in [1.165, 1.54) is 5.56 Å². The monoisotopic (exact) mass is 291 g/mol. The van der Waals surface area contributed by atoms with Crippen molar-refractivity contribution < 1.29 is 0 Å². The summed E-state index contributed by atoms with van der Waals surface area (Å²) in [6.07, 6.45) is 7.58. The molecular weight excluding hydrogens is 270 g/mol. The van der Waals surface area contributed by atoms with Crippen molar-refractivity contribution in [2.75, 3.05) is 5.43 Å². The zero-order valence-corrected chi connectivity index (χ0v) is 12.4. The molecule has 3 rings (SSSR count). The normalized spacial score (nSPS) is 18.6. The van der Waals surface area contributed by atoms with Crippen LogP contribution in [0, 0.1) is 0 Å². The molecule has 3 heteroatoms. The number of hydrogen-bond acceptors (Lipinski definition) is 3. The maximum Gasteiger partial charge on any atom is 0.0569 e. The van der Waals surface area contributed by atoms with Gasteiger partial charge in [0.25, 0.3) is 0 Å². The number of hydrazine groups is 1. The fourth-order valence-corrected chi connectivity index (χ4v) is 2.89. The standard InChI is InChI=1S/C19H21N3/c20-19(17-8-4-5-9-18(17)22-21)16-12-10-15(11-13-16)14-6-2-1-3-7-14/h1-10,12-13,15,19,22H,11,20-21H2/t15?,19-/m0/s1. The van der Waals surface area contributed by atoms with E-state index in [0.717, 1.165) is 23.2 Å². The fraction of sp³-hybridized carbons (Fsp3) is 0.158. The maximum absolute atomic E-state index is 6.42. The maximum atomic E-state index is 6.42. The second kappa shape index (κ2) is 6.60. The van der Waals surface area contributed by atoms with Gasteiger partial charge in [0, 0.05) is 5.92 Å². The molecule has 112 valence electrons. The second-order valence-corrected chi connectivity index (χ2v) is 5.53. The molecule has 0 aliphatic heterocycles. The van der Waals surface area contributed by atoms with Crippen LogP contribution in [0.3, 0.4) is 0 Å². The summed E-state index contributed by atoms with van der Waals surface area (Å²) in [7, 11) is 0. The number of nitrogen functional groups attached to an aromatic ring is 1. The van der Waals surface area contributed by atoms with Gasteiger partial charge in [-0.05, 0) is 29.2 Å². The van der Waals surface area contributed by atoms with E-state index in [0.29, 0.717) is 5.92 Å². The minimum atomic E-state index is -0.166. The Hall–Kier alpha value is -2.36. The summed E-state index contributed by atoms with van der Waals surface area (Å²) >= 11 is 0. The largest absolute Gasteiger partial charge is 0.324 e. The minimum Gasteiger partial charge on any atom is -0.324 e. The minimum absolute atomic E-state index is 0.166. The zero-order valence-electron chi connectivity index (χ0n) is 12.4. The van der Waals surface area contributed by atoms with Crippen molar-refractivity contribution >= 4 is 5.69 Å². The summed E-state index contributed by atoms with van der Waals surface area (Å²) < 4.78 is 0. The van der Waals surface area contributed by atoms with Gasteiger partial charge < -0.3 is 11.2 Å².